The van der Waals surface area contributed by atoms with Crippen molar-refractivity contribution in [2.24, 2.45) is 0 Å². The van der Waals surface area contributed by atoms with Crippen molar-refractivity contribution in [2.45, 2.75) is 6.18 Å². The first-order valence-electron chi connectivity index (χ1n) is 6.92. The van der Waals surface area contributed by atoms with Gasteiger partial charge in [0.1, 0.15) is 11.5 Å². The lowest BCUT2D eigenvalue weighted by Crippen LogP contribution is -2.31. The van der Waals surface area contributed by atoms with Crippen molar-refractivity contribution >= 4 is 27.5 Å². The molecule has 2 rings (SSSR count). The van der Waals surface area contributed by atoms with Gasteiger partial charge in [0.15, 0.2) is 0 Å². The first-order chi connectivity index (χ1) is 11.8. The second-order valence-corrected chi connectivity index (χ2v) is 5.67. The van der Waals surface area contributed by atoms with Gasteiger partial charge in [0.25, 0.3) is 5.91 Å². The van der Waals surface area contributed by atoms with Gasteiger partial charge in [-0.05, 0) is 40.2 Å². The number of hydrazine groups is 1. The lowest BCUT2D eigenvalue weighted by Gasteiger charge is -2.16. The average molecular weight is 419 g/mol. The van der Waals surface area contributed by atoms with Crippen LogP contribution in [0.15, 0.2) is 40.9 Å². The van der Waals surface area contributed by atoms with Gasteiger partial charge < -0.3 is 9.47 Å². The van der Waals surface area contributed by atoms with Crippen LogP contribution in [0.4, 0.5) is 18.9 Å². The first kappa shape index (κ1) is 18.9. The van der Waals surface area contributed by atoms with E-state index in [1.807, 2.05) is 0 Å². The number of rotatable bonds is 5. The smallest absolute Gasteiger partial charge is 0.418 e. The number of carbonyl (C=O) groups excluding carboxylic acids is 1. The van der Waals surface area contributed by atoms with Gasteiger partial charge in [-0.2, -0.15) is 13.2 Å². The first-order valence-corrected chi connectivity index (χ1v) is 7.71. The molecule has 0 fully saturated rings. The highest BCUT2D eigenvalue weighted by molar-refractivity contribution is 9.10. The molecule has 134 valence electrons. The van der Waals surface area contributed by atoms with Gasteiger partial charge in [-0.25, -0.2) is 0 Å². The highest BCUT2D eigenvalue weighted by atomic mass is 79.9. The minimum Gasteiger partial charge on any atom is -0.497 e. The number of para-hydroxylation sites is 1. The number of methoxy groups -OCH3 is 2. The van der Waals surface area contributed by atoms with E-state index in [4.69, 9.17) is 9.47 Å². The maximum Gasteiger partial charge on any atom is 0.418 e. The Labute approximate surface area is 150 Å². The lowest BCUT2D eigenvalue weighted by atomic mass is 10.1. The summed E-state index contributed by atoms with van der Waals surface area (Å²) in [6.45, 7) is 0. The summed E-state index contributed by atoms with van der Waals surface area (Å²) in [5.41, 5.74) is 3.45. The zero-order valence-corrected chi connectivity index (χ0v) is 14.8. The maximum atomic E-state index is 13.0. The third kappa shape index (κ3) is 4.36. The van der Waals surface area contributed by atoms with Crippen molar-refractivity contribution in [2.75, 3.05) is 19.6 Å². The van der Waals surface area contributed by atoms with Crippen molar-refractivity contribution in [3.8, 4) is 11.5 Å². The molecule has 0 saturated carbocycles. The molecule has 0 aliphatic carbocycles. The summed E-state index contributed by atoms with van der Waals surface area (Å²) in [4.78, 5) is 12.4. The van der Waals surface area contributed by atoms with Crippen LogP contribution in [0.5, 0.6) is 11.5 Å². The number of benzene rings is 2. The van der Waals surface area contributed by atoms with Gasteiger partial charge in [-0.3, -0.25) is 15.6 Å². The molecule has 5 nitrogen and oxygen atoms in total. The van der Waals surface area contributed by atoms with Crippen LogP contribution in [0.3, 0.4) is 0 Å². The second-order valence-electron chi connectivity index (χ2n) is 4.81. The van der Waals surface area contributed by atoms with Crippen LogP contribution in [0.1, 0.15) is 15.9 Å². The largest absolute Gasteiger partial charge is 0.497 e. The van der Waals surface area contributed by atoms with E-state index in [-0.39, 0.29) is 17.0 Å². The SMILES string of the molecule is COc1cc(Br)c(OC)c(C(=O)NNc2ccccc2C(F)(F)F)c1. The maximum absolute atomic E-state index is 13.0. The minimum atomic E-state index is -4.55. The number of amides is 1. The van der Waals surface area contributed by atoms with E-state index in [0.29, 0.717) is 10.2 Å². The highest BCUT2D eigenvalue weighted by Crippen LogP contribution is 2.35. The molecule has 9 heteroatoms. The zero-order chi connectivity index (χ0) is 18.6. The van der Waals surface area contributed by atoms with E-state index in [9.17, 15) is 18.0 Å². The number of ether oxygens (including phenoxy) is 2. The summed E-state index contributed by atoms with van der Waals surface area (Å²) < 4.78 is 49.6. The topological polar surface area (TPSA) is 59.6 Å². The minimum absolute atomic E-state index is 0.0886. The van der Waals surface area contributed by atoms with Crippen molar-refractivity contribution in [1.82, 2.24) is 5.43 Å². The number of hydrogen-bond acceptors (Lipinski definition) is 4. The fraction of sp³-hybridized carbons (Fsp3) is 0.188. The van der Waals surface area contributed by atoms with E-state index in [2.05, 4.69) is 26.8 Å². The summed E-state index contributed by atoms with van der Waals surface area (Å²) in [6.07, 6.45) is -4.55. The summed E-state index contributed by atoms with van der Waals surface area (Å²) in [6, 6.07) is 7.82. The molecule has 2 aromatic carbocycles. The summed E-state index contributed by atoms with van der Waals surface area (Å²) >= 11 is 3.25. The second kappa shape index (κ2) is 7.64. The summed E-state index contributed by atoms with van der Waals surface area (Å²) in [5, 5.41) is 0. The number of halogens is 4. The summed E-state index contributed by atoms with van der Waals surface area (Å²) in [7, 11) is 2.80. The van der Waals surface area contributed by atoms with Crippen molar-refractivity contribution in [1.29, 1.82) is 0 Å². The van der Waals surface area contributed by atoms with E-state index >= 15 is 0 Å². The monoisotopic (exact) mass is 418 g/mol. The number of hydrogen-bond donors (Lipinski definition) is 2. The normalized spacial score (nSPS) is 11.0. The predicted molar refractivity (Wildman–Crippen MR) is 89.8 cm³/mol. The quantitative estimate of drug-likeness (QED) is 0.712. The molecule has 0 spiro atoms. The molecule has 1 amide bonds. The van der Waals surface area contributed by atoms with Gasteiger partial charge in [0.05, 0.1) is 35.5 Å². The Morgan fingerprint density at radius 3 is 2.40 bits per heavy atom. The Hall–Kier alpha value is -2.42. The summed E-state index contributed by atoms with van der Waals surface area (Å²) in [5.74, 6) is -0.0776. The molecule has 0 aliphatic heterocycles. The van der Waals surface area contributed by atoms with Crippen molar-refractivity contribution in [3.05, 3.63) is 52.0 Å². The number of nitrogens with one attached hydrogen (secondary N) is 2. The Morgan fingerprint density at radius 1 is 1.12 bits per heavy atom. The van der Waals surface area contributed by atoms with Gasteiger partial charge in [0.2, 0.25) is 0 Å². The van der Waals surface area contributed by atoms with Gasteiger partial charge in [-0.15, -0.1) is 0 Å². The van der Waals surface area contributed by atoms with Crippen LogP contribution in [0.25, 0.3) is 0 Å². The van der Waals surface area contributed by atoms with Crippen LogP contribution in [-0.4, -0.2) is 20.1 Å². The standard InChI is InChI=1S/C16H14BrF3N2O3/c1-24-9-7-10(14(25-2)12(17)8-9)15(23)22-21-13-6-4-3-5-11(13)16(18,19)20/h3-8,21H,1-2H3,(H,22,23). The van der Waals surface area contributed by atoms with Crippen LogP contribution in [-0.2, 0) is 6.18 Å². The molecule has 0 radical (unpaired) electrons. The number of alkyl halides is 3. The Morgan fingerprint density at radius 2 is 1.80 bits per heavy atom. The molecule has 2 aromatic rings. The molecule has 0 aromatic heterocycles. The van der Waals surface area contributed by atoms with Gasteiger partial charge in [0, 0.05) is 0 Å². The van der Waals surface area contributed by atoms with Crippen LogP contribution < -0.4 is 20.3 Å². The molecule has 0 bridgehead atoms. The number of anilines is 1. The highest BCUT2D eigenvalue weighted by Gasteiger charge is 2.33. The van der Waals surface area contributed by atoms with E-state index in [1.54, 1.807) is 6.07 Å². The molecule has 0 atom stereocenters. The molecule has 0 heterocycles. The Kier molecular flexibility index (Phi) is 5.78. The van der Waals surface area contributed by atoms with Crippen molar-refractivity contribution < 1.29 is 27.4 Å². The molecule has 0 aliphatic rings. The third-order valence-electron chi connectivity index (χ3n) is 3.24. The zero-order valence-electron chi connectivity index (χ0n) is 13.2. The van der Waals surface area contributed by atoms with Crippen molar-refractivity contribution in [3.63, 3.8) is 0 Å². The molecule has 25 heavy (non-hydrogen) atoms. The Balaban J connectivity index is 2.26. The average Bonchev–Trinajstić information content (AvgIpc) is 2.58. The van der Waals surface area contributed by atoms with Crippen LogP contribution >= 0.6 is 15.9 Å². The molecule has 0 saturated heterocycles. The molecular weight excluding hydrogens is 405 g/mol. The van der Waals surface area contributed by atoms with E-state index < -0.39 is 17.6 Å². The van der Waals surface area contributed by atoms with E-state index in [0.717, 1.165) is 6.07 Å². The number of carbonyl (C=O) groups is 1. The molecule has 0 unspecified atom stereocenters. The predicted octanol–water partition coefficient (Wildman–Crippen LogP) is 4.24. The van der Waals surface area contributed by atoms with Crippen LogP contribution in [0, 0.1) is 0 Å². The fourth-order valence-corrected chi connectivity index (χ4v) is 2.69. The molecule has 2 N–H and O–H groups in total. The third-order valence-corrected chi connectivity index (χ3v) is 3.83. The fourth-order valence-electron chi connectivity index (χ4n) is 2.09. The van der Waals surface area contributed by atoms with Crippen LogP contribution in [0.2, 0.25) is 0 Å². The van der Waals surface area contributed by atoms with E-state index in [1.165, 1.54) is 38.5 Å². The molecular formula is C16H14BrF3N2O3. The lowest BCUT2D eigenvalue weighted by molar-refractivity contribution is -0.137. The Bertz CT molecular complexity index is 782. The van der Waals surface area contributed by atoms with Gasteiger partial charge in [-0.1, -0.05) is 12.1 Å². The van der Waals surface area contributed by atoms with Gasteiger partial charge >= 0.3 is 6.18 Å².